The van der Waals surface area contributed by atoms with Gasteiger partial charge in [0.1, 0.15) is 0 Å². The molecule has 0 bridgehead atoms. The summed E-state index contributed by atoms with van der Waals surface area (Å²) < 4.78 is 0. The fourth-order valence-corrected chi connectivity index (χ4v) is 1.77. The zero-order chi connectivity index (χ0) is 14.8. The average molecular weight is 277 g/mol. The van der Waals surface area contributed by atoms with Crippen molar-refractivity contribution in [3.63, 3.8) is 0 Å². The second-order valence-electron chi connectivity index (χ2n) is 4.70. The predicted molar refractivity (Wildman–Crippen MR) is 79.3 cm³/mol. The van der Waals surface area contributed by atoms with Gasteiger partial charge in [-0.25, -0.2) is 0 Å². The number of nitrogens with one attached hydrogen (secondary N) is 3. The number of amides is 2. The number of carbonyl (C=O) groups excluding carboxylic acids is 2. The topological polar surface area (TPSA) is 70.2 Å². The van der Waals surface area contributed by atoms with E-state index in [0.29, 0.717) is 13.0 Å². The van der Waals surface area contributed by atoms with Crippen molar-refractivity contribution in [2.24, 2.45) is 0 Å². The van der Waals surface area contributed by atoms with Crippen molar-refractivity contribution in [1.29, 1.82) is 0 Å². The summed E-state index contributed by atoms with van der Waals surface area (Å²) in [6.45, 7) is 5.45. The molecule has 0 heterocycles. The van der Waals surface area contributed by atoms with Crippen molar-refractivity contribution in [2.45, 2.75) is 26.3 Å². The molecule has 0 saturated carbocycles. The Morgan fingerprint density at radius 3 is 2.45 bits per heavy atom. The van der Waals surface area contributed by atoms with Crippen molar-refractivity contribution in [1.82, 2.24) is 16.0 Å². The van der Waals surface area contributed by atoms with Gasteiger partial charge in [0, 0.05) is 12.6 Å². The number of hydrogen-bond acceptors (Lipinski definition) is 3. The lowest BCUT2D eigenvalue weighted by Gasteiger charge is -2.13. The van der Waals surface area contributed by atoms with Crippen LogP contribution in [0.25, 0.3) is 0 Å². The van der Waals surface area contributed by atoms with E-state index in [4.69, 9.17) is 0 Å². The van der Waals surface area contributed by atoms with Crippen LogP contribution in [-0.4, -0.2) is 37.5 Å². The molecule has 5 nitrogen and oxygen atoms in total. The van der Waals surface area contributed by atoms with Gasteiger partial charge in [0.2, 0.25) is 11.8 Å². The Morgan fingerprint density at radius 1 is 1.10 bits per heavy atom. The van der Waals surface area contributed by atoms with E-state index in [2.05, 4.69) is 16.0 Å². The predicted octanol–water partition coefficient (Wildman–Crippen LogP) is 0.460. The molecular formula is C15H23N3O2. The molecule has 0 aliphatic heterocycles. The summed E-state index contributed by atoms with van der Waals surface area (Å²) >= 11 is 0. The van der Waals surface area contributed by atoms with Crippen molar-refractivity contribution in [3.05, 3.63) is 35.9 Å². The number of carbonyl (C=O) groups is 2. The van der Waals surface area contributed by atoms with E-state index in [0.717, 1.165) is 12.1 Å². The van der Waals surface area contributed by atoms with Gasteiger partial charge in [0.15, 0.2) is 0 Å². The van der Waals surface area contributed by atoms with Gasteiger partial charge < -0.3 is 16.0 Å². The first-order chi connectivity index (χ1) is 9.61. The van der Waals surface area contributed by atoms with Gasteiger partial charge in [0.05, 0.1) is 13.0 Å². The van der Waals surface area contributed by atoms with Gasteiger partial charge in [-0.2, -0.15) is 0 Å². The van der Waals surface area contributed by atoms with E-state index in [-0.39, 0.29) is 24.4 Å². The molecule has 20 heavy (non-hydrogen) atoms. The van der Waals surface area contributed by atoms with Crippen LogP contribution < -0.4 is 16.0 Å². The molecule has 0 unspecified atom stereocenters. The molecule has 1 aromatic carbocycles. The Morgan fingerprint density at radius 2 is 1.80 bits per heavy atom. The van der Waals surface area contributed by atoms with E-state index in [1.54, 1.807) is 0 Å². The summed E-state index contributed by atoms with van der Waals surface area (Å²) in [4.78, 5) is 23.2. The van der Waals surface area contributed by atoms with Gasteiger partial charge in [0.25, 0.3) is 0 Å². The molecular weight excluding hydrogens is 254 g/mol. The van der Waals surface area contributed by atoms with Crippen LogP contribution in [0.1, 0.15) is 19.4 Å². The van der Waals surface area contributed by atoms with Crippen LogP contribution >= 0.6 is 0 Å². The standard InChI is InChI=1S/C15H23N3O2/c1-3-16-12(2)10-17-15(20)11-18-14(19)9-13-7-5-4-6-8-13/h4-8,12,16H,3,9-11H2,1-2H3,(H,17,20)(H,18,19)/t12-/m1/s1. The van der Waals surface area contributed by atoms with Crippen LogP contribution in [0.3, 0.4) is 0 Å². The Balaban J connectivity index is 2.19. The molecule has 0 saturated heterocycles. The zero-order valence-electron chi connectivity index (χ0n) is 12.1. The van der Waals surface area contributed by atoms with E-state index >= 15 is 0 Å². The lowest BCUT2D eigenvalue weighted by atomic mass is 10.1. The highest BCUT2D eigenvalue weighted by Gasteiger charge is 2.07. The van der Waals surface area contributed by atoms with E-state index < -0.39 is 0 Å². The molecule has 0 fully saturated rings. The molecule has 5 heteroatoms. The first kappa shape index (κ1) is 16.2. The maximum Gasteiger partial charge on any atom is 0.239 e. The summed E-state index contributed by atoms with van der Waals surface area (Å²) in [7, 11) is 0. The Kier molecular flexibility index (Phi) is 7.35. The second kappa shape index (κ2) is 9.09. The number of likely N-dealkylation sites (N-methyl/N-ethyl adjacent to an activating group) is 1. The largest absolute Gasteiger partial charge is 0.353 e. The normalized spacial score (nSPS) is 11.7. The molecule has 2 amide bonds. The molecule has 0 radical (unpaired) electrons. The molecule has 1 rings (SSSR count). The number of rotatable bonds is 8. The first-order valence-electron chi connectivity index (χ1n) is 6.92. The minimum Gasteiger partial charge on any atom is -0.353 e. The van der Waals surface area contributed by atoms with Crippen molar-refractivity contribution in [3.8, 4) is 0 Å². The maximum absolute atomic E-state index is 11.7. The molecule has 0 spiro atoms. The van der Waals surface area contributed by atoms with E-state index in [9.17, 15) is 9.59 Å². The highest BCUT2D eigenvalue weighted by Crippen LogP contribution is 1.98. The minimum atomic E-state index is -0.170. The molecule has 0 aromatic heterocycles. The maximum atomic E-state index is 11.7. The first-order valence-corrected chi connectivity index (χ1v) is 6.92. The van der Waals surface area contributed by atoms with Gasteiger partial charge in [-0.1, -0.05) is 37.3 Å². The van der Waals surface area contributed by atoms with Crippen molar-refractivity contribution in [2.75, 3.05) is 19.6 Å². The third-order valence-corrected chi connectivity index (χ3v) is 2.81. The Labute approximate surface area is 120 Å². The average Bonchev–Trinajstić information content (AvgIpc) is 2.44. The molecule has 110 valence electrons. The van der Waals surface area contributed by atoms with Crippen LogP contribution in [0, 0.1) is 0 Å². The monoisotopic (exact) mass is 277 g/mol. The molecule has 0 aliphatic rings. The van der Waals surface area contributed by atoms with Crippen LogP contribution in [0.2, 0.25) is 0 Å². The summed E-state index contributed by atoms with van der Waals surface area (Å²) in [5, 5.41) is 8.58. The fourth-order valence-electron chi connectivity index (χ4n) is 1.77. The SMILES string of the molecule is CCN[C@H](C)CNC(=O)CNC(=O)Cc1ccccc1. The number of benzene rings is 1. The summed E-state index contributed by atoms with van der Waals surface area (Å²) in [5.74, 6) is -0.317. The summed E-state index contributed by atoms with van der Waals surface area (Å²) in [6.07, 6.45) is 0.294. The Hall–Kier alpha value is -1.88. The van der Waals surface area contributed by atoms with Gasteiger partial charge in [-0.05, 0) is 19.0 Å². The molecule has 1 aromatic rings. The zero-order valence-corrected chi connectivity index (χ0v) is 12.1. The quantitative estimate of drug-likeness (QED) is 0.646. The van der Waals surface area contributed by atoms with Crippen LogP contribution in [-0.2, 0) is 16.0 Å². The van der Waals surface area contributed by atoms with Gasteiger partial charge >= 0.3 is 0 Å². The second-order valence-corrected chi connectivity index (χ2v) is 4.70. The van der Waals surface area contributed by atoms with Crippen LogP contribution in [0.5, 0.6) is 0 Å². The third kappa shape index (κ3) is 6.89. The third-order valence-electron chi connectivity index (χ3n) is 2.81. The van der Waals surface area contributed by atoms with Gasteiger partial charge in [-0.3, -0.25) is 9.59 Å². The smallest absolute Gasteiger partial charge is 0.239 e. The number of hydrogen-bond donors (Lipinski definition) is 3. The Bertz CT molecular complexity index is 420. The van der Waals surface area contributed by atoms with E-state index in [1.165, 1.54) is 0 Å². The highest BCUT2D eigenvalue weighted by atomic mass is 16.2. The molecule has 1 atom stereocenters. The summed E-state index contributed by atoms with van der Waals surface area (Å²) in [6, 6.07) is 9.68. The summed E-state index contributed by atoms with van der Waals surface area (Å²) in [5.41, 5.74) is 0.936. The minimum absolute atomic E-state index is 0.0184. The van der Waals surface area contributed by atoms with Crippen molar-refractivity contribution < 1.29 is 9.59 Å². The molecule has 0 aliphatic carbocycles. The fraction of sp³-hybridized carbons (Fsp3) is 0.467. The van der Waals surface area contributed by atoms with Crippen LogP contribution in [0.4, 0.5) is 0 Å². The highest BCUT2D eigenvalue weighted by molar-refractivity contribution is 5.85. The van der Waals surface area contributed by atoms with Gasteiger partial charge in [-0.15, -0.1) is 0 Å². The van der Waals surface area contributed by atoms with Crippen molar-refractivity contribution >= 4 is 11.8 Å². The lowest BCUT2D eigenvalue weighted by molar-refractivity contribution is -0.125. The lowest BCUT2D eigenvalue weighted by Crippen LogP contribution is -2.43. The molecule has 3 N–H and O–H groups in total. The van der Waals surface area contributed by atoms with Crippen LogP contribution in [0.15, 0.2) is 30.3 Å². The van der Waals surface area contributed by atoms with E-state index in [1.807, 2.05) is 44.2 Å².